The van der Waals surface area contributed by atoms with E-state index in [1.807, 2.05) is 0 Å². The van der Waals surface area contributed by atoms with Crippen molar-refractivity contribution in [3.63, 3.8) is 0 Å². The third-order valence-corrected chi connectivity index (χ3v) is 5.01. The number of nitro benzene ring substituents is 1. The maximum absolute atomic E-state index is 11.4. The molecule has 3 aliphatic rings. The van der Waals surface area contributed by atoms with E-state index in [1.54, 1.807) is 6.07 Å². The minimum Gasteiger partial charge on any atom is -0.379 e. The molecule has 0 unspecified atom stereocenters. The van der Waals surface area contributed by atoms with E-state index in [9.17, 15) is 14.9 Å². The van der Waals surface area contributed by atoms with Gasteiger partial charge in [0.05, 0.1) is 11.3 Å². The highest BCUT2D eigenvalue weighted by molar-refractivity contribution is 6.00. The molecular weight excluding hydrogens is 270 g/mol. The molecule has 0 bridgehead atoms. The van der Waals surface area contributed by atoms with Crippen molar-refractivity contribution in [3.8, 4) is 0 Å². The van der Waals surface area contributed by atoms with Gasteiger partial charge >= 0.3 is 0 Å². The van der Waals surface area contributed by atoms with E-state index in [2.05, 4.69) is 10.6 Å². The van der Waals surface area contributed by atoms with Crippen molar-refractivity contribution >= 4 is 23.0 Å². The Morgan fingerprint density at radius 3 is 2.76 bits per heavy atom. The van der Waals surface area contributed by atoms with Crippen LogP contribution in [-0.2, 0) is 11.2 Å². The van der Waals surface area contributed by atoms with Crippen LogP contribution in [0.1, 0.15) is 31.2 Å². The van der Waals surface area contributed by atoms with Crippen molar-refractivity contribution in [3.05, 3.63) is 27.8 Å². The van der Waals surface area contributed by atoms with Gasteiger partial charge in [-0.25, -0.2) is 0 Å². The van der Waals surface area contributed by atoms with Gasteiger partial charge in [-0.15, -0.1) is 0 Å². The Bertz CT molecular complexity index is 648. The highest BCUT2D eigenvalue weighted by Gasteiger charge is 2.53. The average Bonchev–Trinajstić information content (AvgIpc) is 3.31. The molecule has 110 valence electrons. The highest BCUT2D eigenvalue weighted by atomic mass is 16.6. The minimum absolute atomic E-state index is 0.0665. The molecule has 1 heterocycles. The van der Waals surface area contributed by atoms with Crippen molar-refractivity contribution < 1.29 is 9.72 Å². The highest BCUT2D eigenvalue weighted by Crippen LogP contribution is 2.61. The lowest BCUT2D eigenvalue weighted by Gasteiger charge is -2.16. The Morgan fingerprint density at radius 2 is 2.14 bits per heavy atom. The molecular formula is C15H17N3O3. The van der Waals surface area contributed by atoms with Gasteiger partial charge in [0.25, 0.3) is 5.69 Å². The Hall–Kier alpha value is -2.11. The van der Waals surface area contributed by atoms with Gasteiger partial charge in [0.2, 0.25) is 5.91 Å². The van der Waals surface area contributed by atoms with Crippen LogP contribution >= 0.6 is 0 Å². The number of hydrogen-bond donors (Lipinski definition) is 2. The lowest BCUT2D eigenvalue weighted by atomic mass is 10.0. The topological polar surface area (TPSA) is 84.3 Å². The van der Waals surface area contributed by atoms with Crippen molar-refractivity contribution in [2.24, 2.45) is 11.3 Å². The van der Waals surface area contributed by atoms with Crippen LogP contribution in [0.25, 0.3) is 0 Å². The standard InChI is InChI=1S/C15H17N3O3/c19-14-6-9-5-13(18(20)21)12(7-11(9)17-14)16-8-15(3-4-15)10-1-2-10/h5,7,10,16H,1-4,6,8H2,(H,17,19). The molecule has 0 spiro atoms. The number of hydrogen-bond acceptors (Lipinski definition) is 4. The third-order valence-electron chi connectivity index (χ3n) is 5.01. The molecule has 0 saturated heterocycles. The molecule has 0 radical (unpaired) electrons. The van der Waals surface area contributed by atoms with Crippen LogP contribution in [0.15, 0.2) is 12.1 Å². The number of nitro groups is 1. The van der Waals surface area contributed by atoms with Gasteiger partial charge in [-0.1, -0.05) is 0 Å². The fraction of sp³-hybridized carbons (Fsp3) is 0.533. The zero-order valence-electron chi connectivity index (χ0n) is 11.6. The van der Waals surface area contributed by atoms with E-state index in [0.717, 1.165) is 12.5 Å². The van der Waals surface area contributed by atoms with E-state index in [0.29, 0.717) is 22.4 Å². The van der Waals surface area contributed by atoms with Crippen LogP contribution in [0.3, 0.4) is 0 Å². The molecule has 0 aromatic heterocycles. The molecule has 2 fully saturated rings. The first-order valence-electron chi connectivity index (χ1n) is 7.42. The molecule has 6 nitrogen and oxygen atoms in total. The van der Waals surface area contributed by atoms with E-state index < -0.39 is 0 Å². The molecule has 2 aliphatic carbocycles. The van der Waals surface area contributed by atoms with Gasteiger partial charge < -0.3 is 10.6 Å². The van der Waals surface area contributed by atoms with Crippen LogP contribution in [0.2, 0.25) is 0 Å². The monoisotopic (exact) mass is 287 g/mol. The average molecular weight is 287 g/mol. The van der Waals surface area contributed by atoms with Crippen LogP contribution < -0.4 is 10.6 Å². The smallest absolute Gasteiger partial charge is 0.292 e. The second-order valence-electron chi connectivity index (χ2n) is 6.50. The summed E-state index contributed by atoms with van der Waals surface area (Å²) in [6.07, 6.45) is 5.26. The summed E-state index contributed by atoms with van der Waals surface area (Å²) in [5.41, 5.74) is 2.37. The van der Waals surface area contributed by atoms with Crippen molar-refractivity contribution in [1.29, 1.82) is 0 Å². The first-order valence-corrected chi connectivity index (χ1v) is 7.42. The maximum Gasteiger partial charge on any atom is 0.292 e. The molecule has 1 amide bonds. The molecule has 4 rings (SSSR count). The number of nitrogens with one attached hydrogen (secondary N) is 2. The first kappa shape index (κ1) is 12.6. The predicted octanol–water partition coefficient (Wildman–Crippen LogP) is 2.69. The number of carbonyl (C=O) groups is 1. The summed E-state index contributed by atoms with van der Waals surface area (Å²) in [6, 6.07) is 3.23. The quantitative estimate of drug-likeness (QED) is 0.644. The van der Waals surface area contributed by atoms with Gasteiger partial charge in [0, 0.05) is 18.3 Å². The van der Waals surface area contributed by atoms with Crippen molar-refractivity contribution in [1.82, 2.24) is 0 Å². The van der Waals surface area contributed by atoms with Crippen LogP contribution in [0.4, 0.5) is 17.1 Å². The van der Waals surface area contributed by atoms with Crippen LogP contribution in [-0.4, -0.2) is 17.4 Å². The molecule has 1 aromatic rings. The number of carbonyl (C=O) groups excluding carboxylic acids is 1. The van der Waals surface area contributed by atoms with E-state index in [1.165, 1.54) is 31.7 Å². The fourth-order valence-electron chi connectivity index (χ4n) is 3.41. The van der Waals surface area contributed by atoms with E-state index in [4.69, 9.17) is 0 Å². The van der Waals surface area contributed by atoms with Gasteiger partial charge in [-0.05, 0) is 48.6 Å². The Kier molecular flexibility index (Phi) is 2.52. The van der Waals surface area contributed by atoms with Gasteiger partial charge in [0.15, 0.2) is 0 Å². The van der Waals surface area contributed by atoms with Crippen LogP contribution in [0, 0.1) is 21.4 Å². The lowest BCUT2D eigenvalue weighted by Crippen LogP contribution is -2.18. The molecule has 2 saturated carbocycles. The number of amides is 1. The summed E-state index contributed by atoms with van der Waals surface area (Å²) in [6.45, 7) is 0.797. The normalized spacial score (nSPS) is 21.6. The molecule has 21 heavy (non-hydrogen) atoms. The SMILES string of the molecule is O=C1Cc2cc([N+](=O)[O-])c(NCC3(C4CC4)CC3)cc2N1. The second kappa shape index (κ2) is 4.19. The van der Waals surface area contributed by atoms with E-state index >= 15 is 0 Å². The third kappa shape index (κ3) is 2.14. The zero-order valence-corrected chi connectivity index (χ0v) is 11.6. The first-order chi connectivity index (χ1) is 10.1. The largest absolute Gasteiger partial charge is 0.379 e. The molecule has 1 aliphatic heterocycles. The van der Waals surface area contributed by atoms with Gasteiger partial charge in [0.1, 0.15) is 5.69 Å². The predicted molar refractivity (Wildman–Crippen MR) is 78.3 cm³/mol. The Labute approximate surface area is 122 Å². The Balaban J connectivity index is 1.59. The fourth-order valence-corrected chi connectivity index (χ4v) is 3.41. The molecule has 0 atom stereocenters. The van der Waals surface area contributed by atoms with Crippen molar-refractivity contribution in [2.75, 3.05) is 17.2 Å². The molecule has 6 heteroatoms. The minimum atomic E-state index is -0.373. The summed E-state index contributed by atoms with van der Waals surface area (Å²) in [5, 5.41) is 17.3. The summed E-state index contributed by atoms with van der Waals surface area (Å²) in [7, 11) is 0. The lowest BCUT2D eigenvalue weighted by molar-refractivity contribution is -0.384. The van der Waals surface area contributed by atoms with Gasteiger partial charge in [-0.2, -0.15) is 0 Å². The zero-order chi connectivity index (χ0) is 14.6. The number of nitrogens with zero attached hydrogens (tertiary/aromatic N) is 1. The van der Waals surface area contributed by atoms with E-state index in [-0.39, 0.29) is 22.9 Å². The van der Waals surface area contributed by atoms with Crippen molar-refractivity contribution in [2.45, 2.75) is 32.1 Å². The Morgan fingerprint density at radius 1 is 1.38 bits per heavy atom. The number of anilines is 2. The van der Waals surface area contributed by atoms with Crippen LogP contribution in [0.5, 0.6) is 0 Å². The second-order valence-corrected chi connectivity index (χ2v) is 6.50. The molecule has 1 aromatic carbocycles. The number of fused-ring (bicyclic) bond motifs is 1. The number of rotatable bonds is 5. The van der Waals surface area contributed by atoms with Gasteiger partial charge in [-0.3, -0.25) is 14.9 Å². The summed E-state index contributed by atoms with van der Waals surface area (Å²) in [5.74, 6) is 0.700. The summed E-state index contributed by atoms with van der Waals surface area (Å²) < 4.78 is 0. The summed E-state index contributed by atoms with van der Waals surface area (Å²) >= 11 is 0. The summed E-state index contributed by atoms with van der Waals surface area (Å²) in [4.78, 5) is 22.3. The maximum atomic E-state index is 11.4. The molecule has 2 N–H and O–H groups in total. The number of benzene rings is 1.